The van der Waals surface area contributed by atoms with Gasteiger partial charge in [-0.25, -0.2) is 4.79 Å². The molecule has 41 heavy (non-hydrogen) atoms. The summed E-state index contributed by atoms with van der Waals surface area (Å²) in [5.41, 5.74) is -3.23. The average molecular weight is 577 g/mol. The number of aldehydes is 1. The van der Waals surface area contributed by atoms with Crippen LogP contribution in [0, 0.1) is 22.7 Å². The molecule has 6 aliphatic rings. The largest absolute Gasteiger partial charge is 0.431 e. The van der Waals surface area contributed by atoms with Crippen LogP contribution in [0.15, 0.2) is 27.6 Å². The van der Waals surface area contributed by atoms with Crippen LogP contribution < -0.4 is 5.63 Å². The molecule has 3 heterocycles. The van der Waals surface area contributed by atoms with Gasteiger partial charge < -0.3 is 49.0 Å². The maximum Gasteiger partial charge on any atom is 0.335 e. The summed E-state index contributed by atoms with van der Waals surface area (Å²) in [5, 5.41) is 53.9. The van der Waals surface area contributed by atoms with Gasteiger partial charge in [-0.15, -0.1) is 0 Å². The van der Waals surface area contributed by atoms with Crippen molar-refractivity contribution < 1.29 is 49.0 Å². The van der Waals surface area contributed by atoms with Gasteiger partial charge in [0, 0.05) is 11.5 Å². The second kappa shape index (κ2) is 9.40. The molecule has 0 radical (unpaired) electrons. The molecule has 2 saturated heterocycles. The van der Waals surface area contributed by atoms with Crippen LogP contribution in [0.1, 0.15) is 69.8 Å². The number of aliphatic hydroxyl groups is 5. The van der Waals surface area contributed by atoms with E-state index in [1.165, 1.54) is 12.3 Å². The van der Waals surface area contributed by atoms with Crippen molar-refractivity contribution in [1.29, 1.82) is 0 Å². The van der Waals surface area contributed by atoms with Crippen LogP contribution in [0.5, 0.6) is 0 Å². The van der Waals surface area contributed by atoms with E-state index in [0.717, 1.165) is 18.3 Å². The van der Waals surface area contributed by atoms with E-state index >= 15 is 0 Å². The first-order chi connectivity index (χ1) is 19.5. The topological polar surface area (TPSA) is 179 Å². The summed E-state index contributed by atoms with van der Waals surface area (Å²) in [4.78, 5) is 25.0. The molecule has 7 rings (SSSR count). The maximum atomic E-state index is 13.4. The lowest BCUT2D eigenvalue weighted by Crippen LogP contribution is -2.72. The summed E-state index contributed by atoms with van der Waals surface area (Å²) in [6.07, 6.45) is -0.488. The van der Waals surface area contributed by atoms with E-state index in [0.29, 0.717) is 44.9 Å². The van der Waals surface area contributed by atoms with Crippen molar-refractivity contribution in [2.24, 2.45) is 22.7 Å². The van der Waals surface area contributed by atoms with E-state index in [9.17, 15) is 35.1 Å². The molecule has 0 aromatic carbocycles. The molecule has 0 bridgehead atoms. The molecule has 5 N–H and O–H groups in total. The van der Waals surface area contributed by atoms with Crippen LogP contribution in [0.25, 0.3) is 0 Å². The summed E-state index contributed by atoms with van der Waals surface area (Å²) in [6, 6.07) is 3.21. The zero-order valence-corrected chi connectivity index (χ0v) is 23.1. The van der Waals surface area contributed by atoms with Crippen LogP contribution in [0.4, 0.5) is 0 Å². The number of carbonyl (C=O) groups is 1. The number of ether oxygens (including phenoxy) is 3. The monoisotopic (exact) mass is 576 g/mol. The van der Waals surface area contributed by atoms with E-state index in [1.54, 1.807) is 6.07 Å². The highest BCUT2D eigenvalue weighted by molar-refractivity contribution is 5.65. The molecule has 2 aliphatic heterocycles. The predicted octanol–water partition coefficient (Wildman–Crippen LogP) is 0.376. The molecule has 226 valence electrons. The van der Waals surface area contributed by atoms with Gasteiger partial charge in [-0.2, -0.15) is 0 Å². The Balaban J connectivity index is 1.24. The smallest absolute Gasteiger partial charge is 0.335 e. The molecular weight excluding hydrogens is 536 g/mol. The molecule has 1 aromatic rings. The fraction of sp³-hybridized carbons (Fsp3) is 0.800. The van der Waals surface area contributed by atoms with Crippen molar-refractivity contribution in [2.75, 3.05) is 6.61 Å². The Morgan fingerprint density at radius 2 is 1.76 bits per heavy atom. The number of fused-ring (bicyclic) bond motifs is 7. The van der Waals surface area contributed by atoms with Crippen LogP contribution in [0.2, 0.25) is 0 Å². The van der Waals surface area contributed by atoms with Gasteiger partial charge in [0.05, 0.1) is 30.0 Å². The van der Waals surface area contributed by atoms with Crippen molar-refractivity contribution in [3.63, 3.8) is 0 Å². The number of hydrogen-bond donors (Lipinski definition) is 5. The summed E-state index contributed by atoms with van der Waals surface area (Å²) in [5.74, 6) is -0.396. The summed E-state index contributed by atoms with van der Waals surface area (Å²) < 4.78 is 23.6. The molecule has 0 amide bonds. The minimum absolute atomic E-state index is 0.00420. The van der Waals surface area contributed by atoms with E-state index in [-0.39, 0.29) is 23.9 Å². The Morgan fingerprint density at radius 3 is 2.46 bits per heavy atom. The molecule has 9 unspecified atom stereocenters. The number of aliphatic hydroxyl groups excluding tert-OH is 4. The Hall–Kier alpha value is -1.70. The summed E-state index contributed by atoms with van der Waals surface area (Å²) in [6.45, 7) is 1.54. The highest BCUT2D eigenvalue weighted by atomic mass is 16.7. The minimum atomic E-state index is -1.60. The van der Waals surface area contributed by atoms with E-state index in [2.05, 4.69) is 6.92 Å². The Bertz CT molecular complexity index is 1230. The molecular formula is C30H40O11. The first kappa shape index (κ1) is 28.1. The van der Waals surface area contributed by atoms with Crippen LogP contribution in [-0.2, 0) is 19.0 Å². The molecule has 6 fully saturated rings. The van der Waals surface area contributed by atoms with Gasteiger partial charge in [0.25, 0.3) is 0 Å². The minimum Gasteiger partial charge on any atom is -0.431 e. The van der Waals surface area contributed by atoms with Crippen molar-refractivity contribution in [3.05, 3.63) is 34.4 Å². The van der Waals surface area contributed by atoms with Crippen molar-refractivity contribution >= 4 is 6.29 Å². The first-order valence-corrected chi connectivity index (χ1v) is 15.0. The third-order valence-electron chi connectivity index (χ3n) is 12.3. The van der Waals surface area contributed by atoms with Crippen molar-refractivity contribution in [1.82, 2.24) is 0 Å². The number of rotatable bonds is 5. The van der Waals surface area contributed by atoms with Gasteiger partial charge in [-0.3, -0.25) is 0 Å². The van der Waals surface area contributed by atoms with Crippen molar-refractivity contribution in [3.8, 4) is 0 Å². The lowest BCUT2D eigenvalue weighted by atomic mass is 9.41. The lowest BCUT2D eigenvalue weighted by molar-refractivity contribution is -0.356. The zero-order valence-electron chi connectivity index (χ0n) is 23.1. The maximum absolute atomic E-state index is 13.4. The summed E-state index contributed by atoms with van der Waals surface area (Å²) in [7, 11) is 0. The van der Waals surface area contributed by atoms with Gasteiger partial charge in [0.1, 0.15) is 42.4 Å². The Labute approximate surface area is 237 Å². The van der Waals surface area contributed by atoms with Crippen molar-refractivity contribution in [2.45, 2.75) is 118 Å². The third-order valence-corrected chi connectivity index (χ3v) is 12.3. The molecule has 11 nitrogen and oxygen atoms in total. The van der Waals surface area contributed by atoms with Gasteiger partial charge in [-0.05, 0) is 80.8 Å². The third kappa shape index (κ3) is 3.61. The molecule has 4 saturated carbocycles. The first-order valence-electron chi connectivity index (χ1n) is 15.0. The van der Waals surface area contributed by atoms with Crippen LogP contribution in [0.3, 0.4) is 0 Å². The molecule has 4 aliphatic carbocycles. The van der Waals surface area contributed by atoms with E-state index in [1.807, 2.05) is 0 Å². The number of epoxide rings is 1. The second-order valence-corrected chi connectivity index (χ2v) is 13.6. The van der Waals surface area contributed by atoms with Gasteiger partial charge in [0.15, 0.2) is 6.29 Å². The quantitative estimate of drug-likeness (QED) is 0.186. The van der Waals surface area contributed by atoms with Crippen LogP contribution in [-0.4, -0.2) is 92.5 Å². The Kier molecular flexibility index (Phi) is 6.44. The molecule has 11 heteroatoms. The zero-order chi connectivity index (χ0) is 28.9. The Morgan fingerprint density at radius 1 is 0.976 bits per heavy atom. The number of hydrogen-bond acceptors (Lipinski definition) is 11. The molecule has 1 aromatic heterocycles. The fourth-order valence-corrected chi connectivity index (χ4v) is 10.1. The SMILES string of the molecule is CC12CCC3C(CCC4(O[C@@H]5O[C@H](CO)[C@@H](O)[C@H](O)[C@H]5O)C5OC5CCC34C=O)C1(O)CCC2c1ccc(=O)oc1. The van der Waals surface area contributed by atoms with Gasteiger partial charge >= 0.3 is 5.63 Å². The number of carbonyl (C=O) groups excluding carboxylic acids is 1. The predicted molar refractivity (Wildman–Crippen MR) is 139 cm³/mol. The van der Waals surface area contributed by atoms with Gasteiger partial charge in [-0.1, -0.05) is 6.92 Å². The van der Waals surface area contributed by atoms with E-state index in [4.69, 9.17) is 18.6 Å². The molecule has 14 atom stereocenters. The highest BCUT2D eigenvalue weighted by Crippen LogP contribution is 2.73. The normalized spacial score (nSPS) is 53.9. The van der Waals surface area contributed by atoms with Gasteiger partial charge in [0.2, 0.25) is 0 Å². The van der Waals surface area contributed by atoms with E-state index < -0.39 is 71.1 Å². The second-order valence-electron chi connectivity index (χ2n) is 13.6. The lowest BCUT2D eigenvalue weighted by Gasteiger charge is -2.65. The molecule has 0 spiro atoms. The van der Waals surface area contributed by atoms with Crippen LogP contribution >= 0.6 is 0 Å². The average Bonchev–Trinajstić information content (AvgIpc) is 3.72. The fourth-order valence-electron chi connectivity index (χ4n) is 10.1. The highest BCUT2D eigenvalue weighted by Gasteiger charge is 2.77. The standard InChI is InChI=1S/C30H40O11/c1-27-8-4-17-18(29(27,37)10-5-16(27)15-2-3-21(33)38-13-15)6-11-30(25-19(39-25)7-9-28(17,30)14-32)41-26-24(36)23(35)22(34)20(12-31)40-26/h2-3,13-14,16-20,22-26,31,34-37H,4-12H2,1H3/t16?,17?,18?,19?,20-,22-,23+,24-,25?,26+,27?,28?,29?,30?/m1/s1. The summed E-state index contributed by atoms with van der Waals surface area (Å²) >= 11 is 0.